The summed E-state index contributed by atoms with van der Waals surface area (Å²) in [5.74, 6) is -1.11. The Balaban J connectivity index is 1.89. The van der Waals surface area contributed by atoms with Crippen molar-refractivity contribution in [1.82, 2.24) is 0 Å². The molecule has 7 nitrogen and oxygen atoms in total. The van der Waals surface area contributed by atoms with E-state index >= 15 is 0 Å². The number of nitrogens with one attached hydrogen (secondary N) is 2. The first kappa shape index (κ1) is 23.3. The van der Waals surface area contributed by atoms with E-state index < -0.39 is 21.9 Å². The molecule has 0 bridgehead atoms. The van der Waals surface area contributed by atoms with Gasteiger partial charge in [-0.25, -0.2) is 13.2 Å². The number of amides is 1. The van der Waals surface area contributed by atoms with Crippen LogP contribution in [-0.2, 0) is 14.8 Å². The number of carbonyl (C=O) groups excluding carboxylic acids is 2. The molecule has 0 saturated heterocycles. The molecular weight excluding hydrogens is 452 g/mol. The van der Waals surface area contributed by atoms with Gasteiger partial charge >= 0.3 is 5.97 Å². The molecule has 1 amide bonds. The largest absolute Gasteiger partial charge is 0.465 e. The van der Waals surface area contributed by atoms with Gasteiger partial charge in [0.15, 0.2) is 0 Å². The van der Waals surface area contributed by atoms with Crippen molar-refractivity contribution in [1.29, 1.82) is 0 Å². The highest BCUT2D eigenvalue weighted by atomic mass is 35.5. The minimum absolute atomic E-state index is 0.0213. The molecule has 3 rings (SSSR count). The number of aryl methyl sites for hydroxylation is 1. The summed E-state index contributed by atoms with van der Waals surface area (Å²) in [6.07, 6.45) is 0. The van der Waals surface area contributed by atoms with Crippen LogP contribution in [0.3, 0.4) is 0 Å². The number of carbonyl (C=O) groups is 2. The number of ether oxygens (including phenoxy) is 1. The van der Waals surface area contributed by atoms with E-state index in [4.69, 9.17) is 11.6 Å². The van der Waals surface area contributed by atoms with Crippen LogP contribution in [0.2, 0.25) is 5.02 Å². The smallest absolute Gasteiger partial charge is 0.337 e. The molecule has 166 valence electrons. The zero-order valence-electron chi connectivity index (χ0n) is 17.6. The molecule has 0 unspecified atom stereocenters. The van der Waals surface area contributed by atoms with Gasteiger partial charge in [0.25, 0.3) is 15.9 Å². The second kappa shape index (κ2) is 9.42. The summed E-state index contributed by atoms with van der Waals surface area (Å²) in [7, 11) is -2.80. The Hall–Kier alpha value is -3.36. The van der Waals surface area contributed by atoms with Crippen LogP contribution in [-0.4, -0.2) is 27.4 Å². The van der Waals surface area contributed by atoms with Gasteiger partial charge in [-0.2, -0.15) is 0 Å². The van der Waals surface area contributed by atoms with E-state index in [0.29, 0.717) is 11.4 Å². The lowest BCUT2D eigenvalue weighted by molar-refractivity contribution is 0.0600. The Morgan fingerprint density at radius 1 is 0.938 bits per heavy atom. The van der Waals surface area contributed by atoms with Crippen LogP contribution in [0.5, 0.6) is 0 Å². The highest BCUT2D eigenvalue weighted by Crippen LogP contribution is 2.27. The van der Waals surface area contributed by atoms with E-state index in [-0.39, 0.29) is 21.0 Å². The number of hydrogen-bond donors (Lipinski definition) is 2. The first-order chi connectivity index (χ1) is 15.1. The highest BCUT2D eigenvalue weighted by molar-refractivity contribution is 7.92. The fourth-order valence-corrected chi connectivity index (χ4v) is 4.61. The molecule has 0 saturated carbocycles. The lowest BCUT2D eigenvalue weighted by Gasteiger charge is -2.14. The zero-order valence-corrected chi connectivity index (χ0v) is 19.2. The molecule has 0 fully saturated rings. The van der Waals surface area contributed by atoms with Gasteiger partial charge in [-0.15, -0.1) is 0 Å². The van der Waals surface area contributed by atoms with Gasteiger partial charge < -0.3 is 10.1 Å². The third-order valence-electron chi connectivity index (χ3n) is 4.87. The second-order valence-electron chi connectivity index (χ2n) is 7.02. The lowest BCUT2D eigenvalue weighted by atomic mass is 10.1. The van der Waals surface area contributed by atoms with Crippen LogP contribution in [0.4, 0.5) is 11.4 Å². The molecule has 0 atom stereocenters. The van der Waals surface area contributed by atoms with Gasteiger partial charge in [0.05, 0.1) is 23.4 Å². The lowest BCUT2D eigenvalue weighted by Crippen LogP contribution is -2.17. The predicted octanol–water partition coefficient (Wildman–Crippen LogP) is 4.80. The number of hydrogen-bond acceptors (Lipinski definition) is 5. The fraction of sp³-hybridized carbons (Fsp3) is 0.130. The molecule has 0 heterocycles. The maximum atomic E-state index is 13.0. The summed E-state index contributed by atoms with van der Waals surface area (Å²) in [5, 5.41) is 2.62. The van der Waals surface area contributed by atoms with E-state index in [0.717, 1.165) is 11.1 Å². The first-order valence-electron chi connectivity index (χ1n) is 9.50. The summed E-state index contributed by atoms with van der Waals surface area (Å²) < 4.78 is 33.2. The number of halogens is 1. The van der Waals surface area contributed by atoms with Crippen molar-refractivity contribution in [3.8, 4) is 0 Å². The topological polar surface area (TPSA) is 102 Å². The minimum atomic E-state index is -4.06. The Bertz CT molecular complexity index is 1310. The molecule has 0 aliphatic carbocycles. The van der Waals surface area contributed by atoms with Crippen molar-refractivity contribution in [3.63, 3.8) is 0 Å². The van der Waals surface area contributed by atoms with Crippen LogP contribution in [0.25, 0.3) is 0 Å². The Morgan fingerprint density at radius 3 is 2.38 bits per heavy atom. The fourth-order valence-electron chi connectivity index (χ4n) is 2.96. The molecule has 9 heteroatoms. The summed E-state index contributed by atoms with van der Waals surface area (Å²) in [4.78, 5) is 24.2. The molecular formula is C23H21ClN2O5S. The first-order valence-corrected chi connectivity index (χ1v) is 11.4. The molecule has 0 spiro atoms. The highest BCUT2D eigenvalue weighted by Gasteiger charge is 2.21. The van der Waals surface area contributed by atoms with Gasteiger partial charge in [0, 0.05) is 11.3 Å². The second-order valence-corrected chi connectivity index (χ2v) is 9.08. The Labute approximate surface area is 191 Å². The standard InChI is InChI=1S/C23H21ClN2O5S/c1-14-6-4-9-20(15(14)2)26-32(29,30)21-13-16(10-11-19(21)24)22(27)25-18-8-5-7-17(12-18)23(28)31-3/h4-13,26H,1-3H3,(H,25,27). The zero-order chi connectivity index (χ0) is 23.5. The third-order valence-corrected chi connectivity index (χ3v) is 6.72. The molecule has 3 aromatic rings. The molecule has 0 radical (unpaired) electrons. The van der Waals surface area contributed by atoms with Crippen molar-refractivity contribution < 1.29 is 22.7 Å². The Morgan fingerprint density at radius 2 is 1.66 bits per heavy atom. The maximum absolute atomic E-state index is 13.0. The van der Waals surface area contributed by atoms with Crippen LogP contribution < -0.4 is 10.0 Å². The van der Waals surface area contributed by atoms with E-state index in [1.807, 2.05) is 13.0 Å². The summed E-state index contributed by atoms with van der Waals surface area (Å²) in [6.45, 7) is 3.68. The molecule has 0 aromatic heterocycles. The van der Waals surface area contributed by atoms with E-state index in [2.05, 4.69) is 14.8 Å². The van der Waals surface area contributed by atoms with Crippen LogP contribution in [0.1, 0.15) is 31.8 Å². The normalized spacial score (nSPS) is 11.0. The average molecular weight is 473 g/mol. The monoisotopic (exact) mass is 472 g/mol. The van der Waals surface area contributed by atoms with E-state index in [9.17, 15) is 18.0 Å². The summed E-state index contributed by atoms with van der Waals surface area (Å²) in [6, 6.07) is 15.4. The van der Waals surface area contributed by atoms with Crippen LogP contribution in [0.15, 0.2) is 65.6 Å². The van der Waals surface area contributed by atoms with Gasteiger partial charge in [0.1, 0.15) is 4.90 Å². The molecule has 0 aliphatic heterocycles. The SMILES string of the molecule is COC(=O)c1cccc(NC(=O)c2ccc(Cl)c(S(=O)(=O)Nc3cccc(C)c3C)c2)c1. The van der Waals surface area contributed by atoms with Gasteiger partial charge in [0.2, 0.25) is 0 Å². The van der Waals surface area contributed by atoms with Crippen molar-refractivity contribution in [2.24, 2.45) is 0 Å². The van der Waals surface area contributed by atoms with Crippen LogP contribution >= 0.6 is 11.6 Å². The number of sulfonamides is 1. The molecule has 32 heavy (non-hydrogen) atoms. The van der Waals surface area contributed by atoms with Crippen LogP contribution in [0, 0.1) is 13.8 Å². The Kier molecular flexibility index (Phi) is 6.86. The number of methoxy groups -OCH3 is 1. The number of esters is 1. The minimum Gasteiger partial charge on any atom is -0.465 e. The van der Waals surface area contributed by atoms with Gasteiger partial charge in [-0.05, 0) is 67.4 Å². The van der Waals surface area contributed by atoms with E-state index in [1.165, 1.54) is 31.4 Å². The van der Waals surface area contributed by atoms with E-state index in [1.54, 1.807) is 37.3 Å². The van der Waals surface area contributed by atoms with Crippen molar-refractivity contribution in [2.45, 2.75) is 18.7 Å². The van der Waals surface area contributed by atoms with Crippen molar-refractivity contribution in [2.75, 3.05) is 17.1 Å². The molecule has 0 aliphatic rings. The maximum Gasteiger partial charge on any atom is 0.337 e. The van der Waals surface area contributed by atoms with Gasteiger partial charge in [-0.1, -0.05) is 29.8 Å². The molecule has 3 aromatic carbocycles. The van der Waals surface area contributed by atoms with Crippen molar-refractivity contribution >= 4 is 44.9 Å². The van der Waals surface area contributed by atoms with Crippen molar-refractivity contribution in [3.05, 3.63) is 87.9 Å². The quantitative estimate of drug-likeness (QED) is 0.502. The summed E-state index contributed by atoms with van der Waals surface area (Å²) in [5.41, 5.74) is 2.84. The summed E-state index contributed by atoms with van der Waals surface area (Å²) >= 11 is 6.15. The van der Waals surface area contributed by atoms with Gasteiger partial charge in [-0.3, -0.25) is 9.52 Å². The number of benzene rings is 3. The predicted molar refractivity (Wildman–Crippen MR) is 124 cm³/mol. The average Bonchev–Trinajstić information content (AvgIpc) is 2.76. The molecule has 2 N–H and O–H groups in total. The third kappa shape index (κ3) is 5.09. The number of anilines is 2. The number of rotatable bonds is 6.